The molecule has 1 aromatic carbocycles. The molecule has 1 atom stereocenters. The van der Waals surface area contributed by atoms with E-state index in [1.165, 1.54) is 25.7 Å². The number of carbonyl (C=O) groups excluding carboxylic acids is 1. The highest BCUT2D eigenvalue weighted by atomic mass is 127. The number of amides is 1. The minimum absolute atomic E-state index is 0.0546. The van der Waals surface area contributed by atoms with Crippen LogP contribution in [-0.4, -0.2) is 15.6 Å². The van der Waals surface area contributed by atoms with Gasteiger partial charge in [-0.25, -0.2) is 0 Å². The second-order valence-electron chi connectivity index (χ2n) is 5.56. The minimum atomic E-state index is -0.0576. The zero-order chi connectivity index (χ0) is 15.9. The number of fused-ring (bicyclic) bond motifs is 3. The van der Waals surface area contributed by atoms with Crippen LogP contribution < -0.4 is 16.6 Å². The number of halogens is 1. The summed E-state index contributed by atoms with van der Waals surface area (Å²) in [5.74, 6) is -0.112. The highest BCUT2D eigenvalue weighted by molar-refractivity contribution is 14.1. The van der Waals surface area contributed by atoms with Gasteiger partial charge in [-0.15, -0.1) is 0 Å². The first-order valence-electron chi connectivity index (χ1n) is 7.08. The van der Waals surface area contributed by atoms with Crippen LogP contribution in [0.1, 0.15) is 17.7 Å². The number of benzene rings is 1. The van der Waals surface area contributed by atoms with Gasteiger partial charge in [0.25, 0.3) is 0 Å². The first-order chi connectivity index (χ1) is 10.5. The van der Waals surface area contributed by atoms with E-state index in [0.29, 0.717) is 0 Å². The molecule has 4 N–H and O–H groups in total. The van der Waals surface area contributed by atoms with Gasteiger partial charge in [-0.2, -0.15) is 0 Å². The number of nitrogens with zero attached hydrogens (tertiary/aromatic N) is 1. The Morgan fingerprint density at radius 1 is 1.45 bits per heavy atom. The Morgan fingerprint density at radius 2 is 2.23 bits per heavy atom. The smallest absolute Gasteiger partial charge is 0.241 e. The molecule has 1 amide bonds. The van der Waals surface area contributed by atoms with Crippen molar-refractivity contribution in [3.8, 4) is 0 Å². The monoisotopic (exact) mass is 428 g/mol. The number of aromatic nitrogens is 1. The lowest BCUT2D eigenvalue weighted by molar-refractivity contribution is -0.125. The van der Waals surface area contributed by atoms with Gasteiger partial charge in [-0.3, -0.25) is 15.6 Å². The Balaban J connectivity index is 1.90. The number of nitrogens with two attached hydrogens (primary N) is 1. The molecule has 0 bridgehead atoms. The summed E-state index contributed by atoms with van der Waals surface area (Å²) in [4.78, 5) is 12.2. The number of aryl methyl sites for hydroxylation is 1. The Labute approximate surface area is 147 Å². The number of thiocarbonyl (C=S) groups is 1. The molecule has 3 rings (SSSR count). The van der Waals surface area contributed by atoms with Gasteiger partial charge < -0.3 is 10.3 Å². The molecule has 22 heavy (non-hydrogen) atoms. The number of rotatable bonds is 1. The Hall–Kier alpha value is -1.35. The molecule has 1 aliphatic carbocycles. The molecule has 1 heterocycles. The van der Waals surface area contributed by atoms with E-state index in [9.17, 15) is 4.79 Å². The third kappa shape index (κ3) is 2.79. The highest BCUT2D eigenvalue weighted by Gasteiger charge is 2.28. The molecule has 116 valence electrons. The van der Waals surface area contributed by atoms with Crippen molar-refractivity contribution in [2.45, 2.75) is 19.3 Å². The van der Waals surface area contributed by atoms with Crippen molar-refractivity contribution >= 4 is 56.7 Å². The molecule has 1 unspecified atom stereocenters. The first kappa shape index (κ1) is 15.5. The summed E-state index contributed by atoms with van der Waals surface area (Å²) in [5.41, 5.74) is 14.3. The molecule has 0 fully saturated rings. The topological polar surface area (TPSA) is 72.1 Å². The predicted molar refractivity (Wildman–Crippen MR) is 99.2 cm³/mol. The van der Waals surface area contributed by atoms with Gasteiger partial charge in [0.15, 0.2) is 5.11 Å². The fourth-order valence-corrected chi connectivity index (χ4v) is 3.74. The lowest BCUT2D eigenvalue weighted by Crippen LogP contribution is -2.47. The summed E-state index contributed by atoms with van der Waals surface area (Å²) >= 11 is 7.03. The van der Waals surface area contributed by atoms with Crippen LogP contribution in [0.5, 0.6) is 0 Å². The number of carbonyl (C=O) groups is 1. The van der Waals surface area contributed by atoms with Crippen LogP contribution in [0.15, 0.2) is 18.2 Å². The molecule has 7 heteroatoms. The van der Waals surface area contributed by atoms with E-state index in [2.05, 4.69) is 63.3 Å². The van der Waals surface area contributed by atoms with Gasteiger partial charge in [0.2, 0.25) is 5.91 Å². The average Bonchev–Trinajstić information content (AvgIpc) is 2.77. The Kier molecular flexibility index (Phi) is 4.26. The van der Waals surface area contributed by atoms with Crippen molar-refractivity contribution in [3.63, 3.8) is 0 Å². The van der Waals surface area contributed by atoms with E-state index in [4.69, 9.17) is 18.0 Å². The molecule has 0 saturated carbocycles. The molecule has 0 radical (unpaired) electrons. The van der Waals surface area contributed by atoms with Gasteiger partial charge in [0, 0.05) is 33.1 Å². The Morgan fingerprint density at radius 3 is 2.95 bits per heavy atom. The largest absolute Gasteiger partial charge is 0.375 e. The summed E-state index contributed by atoms with van der Waals surface area (Å²) < 4.78 is 3.46. The maximum absolute atomic E-state index is 12.2. The fourth-order valence-electron chi connectivity index (χ4n) is 3.20. The van der Waals surface area contributed by atoms with Crippen LogP contribution in [0.25, 0.3) is 10.9 Å². The van der Waals surface area contributed by atoms with Crippen molar-refractivity contribution in [3.05, 3.63) is 33.0 Å². The Bertz CT molecular complexity index is 770. The predicted octanol–water partition coefficient (Wildman–Crippen LogP) is 1.75. The van der Waals surface area contributed by atoms with Crippen molar-refractivity contribution in [1.82, 2.24) is 15.4 Å². The maximum atomic E-state index is 12.2. The van der Waals surface area contributed by atoms with Gasteiger partial charge in [0.05, 0.1) is 0 Å². The molecule has 0 spiro atoms. The molecule has 1 aromatic heterocycles. The second kappa shape index (κ2) is 6.04. The van der Waals surface area contributed by atoms with Gasteiger partial charge in [-0.05, 0) is 77.8 Å². The quantitative estimate of drug-likeness (QED) is 0.368. The van der Waals surface area contributed by atoms with Crippen molar-refractivity contribution in [2.75, 3.05) is 0 Å². The lowest BCUT2D eigenvalue weighted by atomic mass is 9.86. The molecule has 1 aliphatic rings. The number of hydrogen-bond donors (Lipinski definition) is 3. The van der Waals surface area contributed by atoms with Crippen molar-refractivity contribution < 1.29 is 4.79 Å². The summed E-state index contributed by atoms with van der Waals surface area (Å²) in [6, 6.07) is 6.46. The normalized spacial score (nSPS) is 17.1. The van der Waals surface area contributed by atoms with Gasteiger partial charge >= 0.3 is 0 Å². The van der Waals surface area contributed by atoms with Crippen LogP contribution in [0.3, 0.4) is 0 Å². The third-order valence-electron chi connectivity index (χ3n) is 4.26. The SMILES string of the molecule is Cn1c2c(c3cc(I)ccc31)CC(C(=O)NNC(N)=S)CC2. The maximum Gasteiger partial charge on any atom is 0.241 e. The van der Waals surface area contributed by atoms with E-state index in [-0.39, 0.29) is 16.9 Å². The van der Waals surface area contributed by atoms with Crippen LogP contribution in [0, 0.1) is 9.49 Å². The summed E-state index contributed by atoms with van der Waals surface area (Å²) in [6.45, 7) is 0. The van der Waals surface area contributed by atoms with Crippen LogP contribution >= 0.6 is 34.8 Å². The van der Waals surface area contributed by atoms with E-state index < -0.39 is 0 Å². The van der Waals surface area contributed by atoms with Crippen LogP contribution in [0.2, 0.25) is 0 Å². The second-order valence-corrected chi connectivity index (χ2v) is 7.25. The van der Waals surface area contributed by atoms with Gasteiger partial charge in [0.1, 0.15) is 0 Å². The number of hydrazine groups is 1. The zero-order valence-electron chi connectivity index (χ0n) is 12.1. The summed E-state index contributed by atoms with van der Waals surface area (Å²) in [7, 11) is 2.10. The highest BCUT2D eigenvalue weighted by Crippen LogP contribution is 2.34. The molecule has 0 aliphatic heterocycles. The van der Waals surface area contributed by atoms with E-state index in [0.717, 1.165) is 19.3 Å². The van der Waals surface area contributed by atoms with E-state index in [1.807, 2.05) is 0 Å². The minimum Gasteiger partial charge on any atom is -0.375 e. The lowest BCUT2D eigenvalue weighted by Gasteiger charge is -2.23. The van der Waals surface area contributed by atoms with Gasteiger partial charge in [-0.1, -0.05) is 0 Å². The molecular formula is C15H17IN4OS. The van der Waals surface area contributed by atoms with E-state index in [1.54, 1.807) is 0 Å². The molecular weight excluding hydrogens is 411 g/mol. The van der Waals surface area contributed by atoms with Crippen molar-refractivity contribution in [2.24, 2.45) is 18.7 Å². The molecule has 0 saturated heterocycles. The zero-order valence-corrected chi connectivity index (χ0v) is 15.1. The van der Waals surface area contributed by atoms with Crippen molar-refractivity contribution in [1.29, 1.82) is 0 Å². The van der Waals surface area contributed by atoms with E-state index >= 15 is 0 Å². The van der Waals surface area contributed by atoms with Crippen LogP contribution in [-0.2, 0) is 24.7 Å². The summed E-state index contributed by atoms with van der Waals surface area (Å²) in [6.07, 6.45) is 2.49. The summed E-state index contributed by atoms with van der Waals surface area (Å²) in [5, 5.41) is 1.33. The van der Waals surface area contributed by atoms with Crippen LogP contribution in [0.4, 0.5) is 0 Å². The number of nitrogens with one attached hydrogen (secondary N) is 2. The third-order valence-corrected chi connectivity index (χ3v) is 5.03. The fraction of sp³-hybridized carbons (Fsp3) is 0.333. The molecule has 2 aromatic rings. The molecule has 5 nitrogen and oxygen atoms in total. The first-order valence-corrected chi connectivity index (χ1v) is 8.57. The average molecular weight is 428 g/mol. The number of hydrogen-bond acceptors (Lipinski definition) is 2. The standard InChI is InChI=1S/C15H17IN4OS/c1-20-12-4-2-8(14(21)18-19-15(17)22)6-10(12)11-7-9(16)3-5-13(11)20/h3,5,7-8H,2,4,6H2,1H3,(H,18,21)(H3,17,19,22).